The molecule has 0 saturated carbocycles. The van der Waals surface area contributed by atoms with Crippen LogP contribution in [0, 0.1) is 0 Å². The molecule has 1 unspecified atom stereocenters. The number of rotatable bonds is 6. The molecule has 1 atom stereocenters. The summed E-state index contributed by atoms with van der Waals surface area (Å²) in [7, 11) is 2.94. The molecule has 6 nitrogen and oxygen atoms in total. The highest BCUT2D eigenvalue weighted by Crippen LogP contribution is 2.31. The van der Waals surface area contributed by atoms with Gasteiger partial charge in [-0.25, -0.2) is 0 Å². The SMILES string of the molecule is COc1ccc(C(=O)NC(NC(=S)Nc2ccc(Cl)c(Cl)c2)C(Cl)(Cl)Cl)cc1OC. The van der Waals surface area contributed by atoms with Gasteiger partial charge in [-0.05, 0) is 48.6 Å². The van der Waals surface area contributed by atoms with E-state index in [1.807, 2.05) is 0 Å². The van der Waals surface area contributed by atoms with Gasteiger partial charge in [-0.1, -0.05) is 58.0 Å². The zero-order valence-electron chi connectivity index (χ0n) is 15.6. The number of hydrogen-bond acceptors (Lipinski definition) is 4. The molecule has 0 aliphatic rings. The molecule has 162 valence electrons. The summed E-state index contributed by atoms with van der Waals surface area (Å²) in [6.45, 7) is 0. The molecule has 0 bridgehead atoms. The van der Waals surface area contributed by atoms with Crippen LogP contribution in [0.1, 0.15) is 10.4 Å². The summed E-state index contributed by atoms with van der Waals surface area (Å²) in [5.74, 6) is 0.314. The Hall–Kier alpha value is -1.35. The van der Waals surface area contributed by atoms with Crippen molar-refractivity contribution in [3.8, 4) is 11.5 Å². The van der Waals surface area contributed by atoms with Gasteiger partial charge in [0.05, 0.1) is 24.3 Å². The zero-order valence-corrected chi connectivity index (χ0v) is 20.2. The molecule has 0 saturated heterocycles. The number of alkyl halides is 3. The quantitative estimate of drug-likeness (QED) is 0.263. The van der Waals surface area contributed by atoms with Gasteiger partial charge in [0.2, 0.25) is 3.79 Å². The van der Waals surface area contributed by atoms with Gasteiger partial charge in [-0.3, -0.25) is 4.79 Å². The highest BCUT2D eigenvalue weighted by atomic mass is 35.6. The van der Waals surface area contributed by atoms with Crippen LogP contribution in [0.15, 0.2) is 36.4 Å². The molecular formula is C18H16Cl5N3O3S. The number of halogens is 5. The predicted octanol–water partition coefficient (Wildman–Crippen LogP) is 5.42. The van der Waals surface area contributed by atoms with Gasteiger partial charge < -0.3 is 25.4 Å². The Kier molecular flexibility index (Phi) is 8.97. The van der Waals surface area contributed by atoms with Gasteiger partial charge in [0, 0.05) is 11.3 Å². The normalized spacial score (nSPS) is 12.0. The Morgan fingerprint density at radius 1 is 0.967 bits per heavy atom. The fraction of sp³-hybridized carbons (Fsp3) is 0.222. The van der Waals surface area contributed by atoms with E-state index >= 15 is 0 Å². The molecule has 0 radical (unpaired) electrons. The van der Waals surface area contributed by atoms with E-state index in [0.29, 0.717) is 27.2 Å². The van der Waals surface area contributed by atoms with E-state index in [1.54, 1.807) is 30.3 Å². The number of thiocarbonyl (C=S) groups is 1. The third-order valence-corrected chi connectivity index (χ3v) is 5.31. The lowest BCUT2D eigenvalue weighted by molar-refractivity contribution is 0.0934. The first-order valence-corrected chi connectivity index (χ1v) is 10.5. The molecule has 2 rings (SSSR count). The van der Waals surface area contributed by atoms with Crippen LogP contribution in [0.3, 0.4) is 0 Å². The molecule has 3 N–H and O–H groups in total. The van der Waals surface area contributed by atoms with Crippen molar-refractivity contribution in [1.82, 2.24) is 10.6 Å². The largest absolute Gasteiger partial charge is 0.493 e. The summed E-state index contributed by atoms with van der Waals surface area (Å²) < 4.78 is 8.43. The molecule has 2 aromatic carbocycles. The summed E-state index contributed by atoms with van der Waals surface area (Å²) in [5.41, 5.74) is 0.813. The molecule has 0 aromatic heterocycles. The molecule has 0 aliphatic heterocycles. The highest BCUT2D eigenvalue weighted by Gasteiger charge is 2.35. The van der Waals surface area contributed by atoms with E-state index in [4.69, 9.17) is 79.7 Å². The standard InChI is InChI=1S/C18H16Cl5N3O3S/c1-28-13-6-3-9(7-14(13)29-2)15(27)25-16(18(21,22)23)26-17(30)24-10-4-5-11(19)12(20)8-10/h3-8,16H,1-2H3,(H,25,27)(H2,24,26,30). The van der Waals surface area contributed by atoms with E-state index in [9.17, 15) is 4.79 Å². The Bertz CT molecular complexity index is 940. The molecule has 0 aliphatic carbocycles. The number of anilines is 1. The van der Waals surface area contributed by atoms with Crippen LogP contribution in [-0.2, 0) is 0 Å². The van der Waals surface area contributed by atoms with Gasteiger partial charge >= 0.3 is 0 Å². The number of nitrogens with one attached hydrogen (secondary N) is 3. The average molecular weight is 532 g/mol. The number of hydrogen-bond donors (Lipinski definition) is 3. The summed E-state index contributed by atoms with van der Waals surface area (Å²) in [4.78, 5) is 12.7. The van der Waals surface area contributed by atoms with Crippen LogP contribution in [0.25, 0.3) is 0 Å². The second-order valence-electron chi connectivity index (χ2n) is 5.75. The minimum atomic E-state index is -1.92. The van der Waals surface area contributed by atoms with Gasteiger partial charge in [-0.2, -0.15) is 0 Å². The molecule has 0 spiro atoms. The van der Waals surface area contributed by atoms with E-state index in [-0.39, 0.29) is 10.7 Å². The maximum atomic E-state index is 12.7. The summed E-state index contributed by atoms with van der Waals surface area (Å²) in [6, 6.07) is 9.45. The van der Waals surface area contributed by atoms with Crippen molar-refractivity contribution >= 4 is 86.9 Å². The number of amides is 1. The van der Waals surface area contributed by atoms with E-state index < -0.39 is 15.9 Å². The lowest BCUT2D eigenvalue weighted by Gasteiger charge is -2.28. The molecule has 12 heteroatoms. The van der Waals surface area contributed by atoms with Crippen LogP contribution in [0.2, 0.25) is 10.0 Å². The predicted molar refractivity (Wildman–Crippen MR) is 127 cm³/mol. The monoisotopic (exact) mass is 529 g/mol. The Morgan fingerprint density at radius 2 is 1.63 bits per heavy atom. The first kappa shape index (κ1) is 24.9. The lowest BCUT2D eigenvalue weighted by atomic mass is 10.2. The van der Waals surface area contributed by atoms with E-state index in [0.717, 1.165) is 0 Å². The Balaban J connectivity index is 2.13. The van der Waals surface area contributed by atoms with Crippen molar-refractivity contribution in [2.75, 3.05) is 19.5 Å². The van der Waals surface area contributed by atoms with Gasteiger partial charge in [0.15, 0.2) is 16.6 Å². The third-order valence-electron chi connectivity index (χ3n) is 3.70. The highest BCUT2D eigenvalue weighted by molar-refractivity contribution is 7.80. The first-order chi connectivity index (χ1) is 14.0. The van der Waals surface area contributed by atoms with Crippen molar-refractivity contribution in [3.05, 3.63) is 52.0 Å². The third kappa shape index (κ3) is 6.83. The number of ether oxygens (including phenoxy) is 2. The number of carbonyl (C=O) groups is 1. The molecule has 0 heterocycles. The molecule has 2 aromatic rings. The minimum absolute atomic E-state index is 0.0809. The topological polar surface area (TPSA) is 71.6 Å². The lowest BCUT2D eigenvalue weighted by Crippen LogP contribution is -2.56. The number of carbonyl (C=O) groups excluding carboxylic acids is 1. The molecule has 0 fully saturated rings. The van der Waals surface area contributed by atoms with Crippen LogP contribution in [0.4, 0.5) is 5.69 Å². The summed E-state index contributed by atoms with van der Waals surface area (Å²) in [6.07, 6.45) is -1.16. The Morgan fingerprint density at radius 3 is 2.20 bits per heavy atom. The second-order valence-corrected chi connectivity index (χ2v) is 9.34. The molecule has 1 amide bonds. The summed E-state index contributed by atoms with van der Waals surface area (Å²) >= 11 is 35.2. The number of methoxy groups -OCH3 is 2. The van der Waals surface area contributed by atoms with E-state index in [2.05, 4.69) is 16.0 Å². The van der Waals surface area contributed by atoms with Gasteiger partial charge in [-0.15, -0.1) is 0 Å². The van der Waals surface area contributed by atoms with Crippen LogP contribution in [-0.4, -0.2) is 35.2 Å². The van der Waals surface area contributed by atoms with Gasteiger partial charge in [0.1, 0.15) is 6.17 Å². The van der Waals surface area contributed by atoms with Crippen molar-refractivity contribution in [2.24, 2.45) is 0 Å². The molecular weight excluding hydrogens is 516 g/mol. The van der Waals surface area contributed by atoms with Gasteiger partial charge in [0.25, 0.3) is 5.91 Å². The zero-order chi connectivity index (χ0) is 22.5. The molecule has 30 heavy (non-hydrogen) atoms. The first-order valence-electron chi connectivity index (χ1n) is 8.17. The minimum Gasteiger partial charge on any atom is -0.493 e. The maximum Gasteiger partial charge on any atom is 0.253 e. The smallest absolute Gasteiger partial charge is 0.253 e. The number of benzene rings is 2. The van der Waals surface area contributed by atoms with Crippen molar-refractivity contribution in [2.45, 2.75) is 9.96 Å². The van der Waals surface area contributed by atoms with Crippen molar-refractivity contribution < 1.29 is 14.3 Å². The fourth-order valence-electron chi connectivity index (χ4n) is 2.26. The van der Waals surface area contributed by atoms with Crippen molar-refractivity contribution in [3.63, 3.8) is 0 Å². The second kappa shape index (κ2) is 10.8. The van der Waals surface area contributed by atoms with E-state index in [1.165, 1.54) is 20.3 Å². The summed E-state index contributed by atoms with van der Waals surface area (Å²) in [5, 5.41) is 9.02. The van der Waals surface area contributed by atoms with Crippen LogP contribution in [0.5, 0.6) is 11.5 Å². The fourth-order valence-corrected chi connectivity index (χ4v) is 3.12. The maximum absolute atomic E-state index is 12.7. The average Bonchev–Trinajstić information content (AvgIpc) is 2.68. The van der Waals surface area contributed by atoms with Crippen LogP contribution < -0.4 is 25.4 Å². The van der Waals surface area contributed by atoms with Crippen LogP contribution >= 0.6 is 70.2 Å². The van der Waals surface area contributed by atoms with Crippen molar-refractivity contribution in [1.29, 1.82) is 0 Å². The Labute approximate surface area is 204 Å².